The predicted octanol–water partition coefficient (Wildman–Crippen LogP) is -4.88. The fourth-order valence-corrected chi connectivity index (χ4v) is 0. The first-order valence-corrected chi connectivity index (χ1v) is 5.74. The zero-order valence-corrected chi connectivity index (χ0v) is 7.58. The molecule has 0 aliphatic heterocycles. The Morgan fingerprint density at radius 3 is 1.14 bits per heavy atom. The molecule has 2 nitrogen and oxygen atoms in total. The van der Waals surface area contributed by atoms with Crippen molar-refractivity contribution in [2.24, 2.45) is 0 Å². The number of hydrogen-bond donors (Lipinski definition) is 0. The normalized spacial score (nSPS) is 7.71. The molecule has 0 saturated heterocycles. The standard InChI is InChI=1S/C3H9S.IO2/c1-4(2)3;2-1-3/h1-3H3;/q+1;-1. The molecule has 46 valence electrons. The van der Waals surface area contributed by atoms with Crippen LogP contribution in [-0.4, -0.2) is 18.8 Å². The molecule has 0 saturated carbocycles. The van der Waals surface area contributed by atoms with Crippen LogP contribution in [0.1, 0.15) is 0 Å². The van der Waals surface area contributed by atoms with Gasteiger partial charge >= 0.3 is 0 Å². The molecule has 0 amide bonds. The topological polar surface area (TPSA) is 46.1 Å². The fraction of sp³-hybridized carbons (Fsp3) is 1.00. The van der Waals surface area contributed by atoms with Gasteiger partial charge in [-0.25, -0.2) is 0 Å². The van der Waals surface area contributed by atoms with Crippen LogP contribution in [-0.2, 0) is 10.9 Å². The Morgan fingerprint density at radius 1 is 1.14 bits per heavy atom. The Bertz CT molecular complexity index is 24.1. The summed E-state index contributed by atoms with van der Waals surface area (Å²) in [5, 5.41) is 0. The number of halogens is 1. The van der Waals surface area contributed by atoms with Crippen LogP contribution in [0.3, 0.4) is 0 Å². The van der Waals surface area contributed by atoms with E-state index in [1.165, 1.54) is 0 Å². The zero-order chi connectivity index (χ0) is 6.28. The summed E-state index contributed by atoms with van der Waals surface area (Å²) in [7, 11) is 0.639. The highest BCUT2D eigenvalue weighted by Gasteiger charge is 1.77. The van der Waals surface area contributed by atoms with E-state index in [0.29, 0.717) is 10.9 Å². The second kappa shape index (κ2) is 10.1. The van der Waals surface area contributed by atoms with E-state index in [1.807, 2.05) is 0 Å². The van der Waals surface area contributed by atoms with E-state index in [1.54, 1.807) is 0 Å². The van der Waals surface area contributed by atoms with Gasteiger partial charge in [0, 0.05) is 0 Å². The lowest BCUT2D eigenvalue weighted by Gasteiger charge is -1.69. The highest BCUT2D eigenvalue weighted by atomic mass is 127. The molecular weight excluding hydrogens is 227 g/mol. The molecule has 0 aliphatic carbocycles. The second-order valence-electron chi connectivity index (χ2n) is 1.29. The predicted molar refractivity (Wildman–Crippen MR) is 25.1 cm³/mol. The van der Waals surface area contributed by atoms with E-state index in [-0.39, 0.29) is 0 Å². The minimum atomic E-state index is -1.91. The lowest BCUT2D eigenvalue weighted by Crippen LogP contribution is -3.77. The van der Waals surface area contributed by atoms with Gasteiger partial charge in [0.2, 0.25) is 0 Å². The summed E-state index contributed by atoms with van der Waals surface area (Å²) in [6.07, 6.45) is 6.58. The molecule has 0 heterocycles. The van der Waals surface area contributed by atoms with Gasteiger partial charge in [-0.15, -0.1) is 0 Å². The Morgan fingerprint density at radius 2 is 1.14 bits per heavy atom. The zero-order valence-electron chi connectivity index (χ0n) is 4.60. The van der Waals surface area contributed by atoms with Crippen LogP contribution in [0.4, 0.5) is 0 Å². The SMILES string of the molecule is C[S+](C)C.[O-][I+][O-]. The van der Waals surface area contributed by atoms with Crippen molar-refractivity contribution in [2.75, 3.05) is 18.8 Å². The molecule has 0 aromatic heterocycles. The average molecular weight is 236 g/mol. The van der Waals surface area contributed by atoms with Crippen LogP contribution in [0, 0.1) is 0 Å². The third-order valence-corrected chi connectivity index (χ3v) is 0. The van der Waals surface area contributed by atoms with E-state index in [0.717, 1.165) is 0 Å². The lowest BCUT2D eigenvalue weighted by atomic mass is 11.9. The molecule has 0 unspecified atom stereocenters. The van der Waals surface area contributed by atoms with Crippen molar-refractivity contribution in [1.82, 2.24) is 0 Å². The van der Waals surface area contributed by atoms with Crippen molar-refractivity contribution >= 4 is 10.9 Å². The van der Waals surface area contributed by atoms with Crippen LogP contribution < -0.4 is 28.9 Å². The Balaban J connectivity index is 0. The average Bonchev–Trinajstić information content (AvgIpc) is 1.33. The fourth-order valence-electron chi connectivity index (χ4n) is 0. The summed E-state index contributed by atoms with van der Waals surface area (Å²) in [5.74, 6) is 0. The Hall–Kier alpha value is 1.00. The van der Waals surface area contributed by atoms with Gasteiger partial charge in [0.05, 0.1) is 18.8 Å². The van der Waals surface area contributed by atoms with Crippen LogP contribution in [0.15, 0.2) is 0 Å². The third-order valence-electron chi connectivity index (χ3n) is 0. The molecule has 0 aliphatic rings. The maximum Gasteiger partial charge on any atom is 0.198 e. The molecule has 0 spiro atoms. The number of rotatable bonds is 0. The highest BCUT2D eigenvalue weighted by Crippen LogP contribution is 1.63. The first kappa shape index (κ1) is 10.9. The van der Waals surface area contributed by atoms with Crippen molar-refractivity contribution < 1.29 is 28.9 Å². The molecule has 0 fully saturated rings. The summed E-state index contributed by atoms with van der Waals surface area (Å²) < 4.78 is 17.0. The largest absolute Gasteiger partial charge is 0.599 e. The second-order valence-corrected chi connectivity index (χ2v) is 4.10. The van der Waals surface area contributed by atoms with Crippen molar-refractivity contribution in [3.8, 4) is 0 Å². The van der Waals surface area contributed by atoms with Gasteiger partial charge in [-0.2, -0.15) is 0 Å². The van der Waals surface area contributed by atoms with Crippen LogP contribution in [0.25, 0.3) is 0 Å². The molecule has 0 bridgehead atoms. The molecule has 4 heteroatoms. The minimum Gasteiger partial charge on any atom is -0.599 e. The number of hydrogen-bond acceptors (Lipinski definition) is 2. The molecule has 0 N–H and O–H groups in total. The minimum absolute atomic E-state index is 0.639. The molecule has 0 rings (SSSR count). The smallest absolute Gasteiger partial charge is 0.198 e. The van der Waals surface area contributed by atoms with Gasteiger partial charge < -0.3 is 6.87 Å². The van der Waals surface area contributed by atoms with Crippen molar-refractivity contribution in [3.63, 3.8) is 0 Å². The van der Waals surface area contributed by atoms with Crippen molar-refractivity contribution in [1.29, 1.82) is 0 Å². The van der Waals surface area contributed by atoms with E-state index < -0.39 is 22.0 Å². The third kappa shape index (κ3) is 175. The van der Waals surface area contributed by atoms with Gasteiger partial charge in [0.15, 0.2) is 22.0 Å². The summed E-state index contributed by atoms with van der Waals surface area (Å²) in [5.41, 5.74) is 0. The van der Waals surface area contributed by atoms with Gasteiger partial charge in [-0.1, -0.05) is 0 Å². The maximum absolute atomic E-state index is 8.48. The van der Waals surface area contributed by atoms with E-state index in [4.69, 9.17) is 6.87 Å². The first-order chi connectivity index (χ1) is 3.15. The van der Waals surface area contributed by atoms with Crippen molar-refractivity contribution in [3.05, 3.63) is 0 Å². The molecule has 0 aromatic carbocycles. The molecule has 0 atom stereocenters. The first-order valence-electron chi connectivity index (χ1n) is 1.53. The van der Waals surface area contributed by atoms with Gasteiger partial charge in [0.25, 0.3) is 0 Å². The Kier molecular flexibility index (Phi) is 15.7. The Labute approximate surface area is 58.6 Å². The monoisotopic (exact) mass is 236 g/mol. The summed E-state index contributed by atoms with van der Waals surface area (Å²) in [6.45, 7) is 0. The van der Waals surface area contributed by atoms with E-state index >= 15 is 0 Å². The van der Waals surface area contributed by atoms with Gasteiger partial charge in [0.1, 0.15) is 0 Å². The van der Waals surface area contributed by atoms with Gasteiger partial charge in [-0.3, -0.25) is 0 Å². The summed E-state index contributed by atoms with van der Waals surface area (Å²) >= 11 is -1.91. The van der Waals surface area contributed by atoms with Crippen LogP contribution in [0.2, 0.25) is 0 Å². The molecular formula is C3H9IO2S. The lowest BCUT2D eigenvalue weighted by molar-refractivity contribution is -1.41. The van der Waals surface area contributed by atoms with Crippen LogP contribution in [0.5, 0.6) is 0 Å². The highest BCUT2D eigenvalue weighted by molar-refractivity contribution is 7.94. The van der Waals surface area contributed by atoms with E-state index in [2.05, 4.69) is 18.8 Å². The molecule has 7 heavy (non-hydrogen) atoms. The van der Waals surface area contributed by atoms with Crippen LogP contribution >= 0.6 is 0 Å². The van der Waals surface area contributed by atoms with Gasteiger partial charge in [-0.05, 0) is 10.9 Å². The van der Waals surface area contributed by atoms with E-state index in [9.17, 15) is 0 Å². The summed E-state index contributed by atoms with van der Waals surface area (Å²) in [6, 6.07) is 0. The van der Waals surface area contributed by atoms with Crippen molar-refractivity contribution in [2.45, 2.75) is 0 Å². The summed E-state index contributed by atoms with van der Waals surface area (Å²) in [4.78, 5) is 0. The molecule has 0 aromatic rings. The maximum atomic E-state index is 8.48. The quantitative estimate of drug-likeness (QED) is 0.313. The molecule has 0 radical (unpaired) electrons.